The minimum atomic E-state index is 0.576. The summed E-state index contributed by atoms with van der Waals surface area (Å²) >= 11 is 0. The van der Waals surface area contributed by atoms with Gasteiger partial charge in [0.2, 0.25) is 5.95 Å². The lowest BCUT2D eigenvalue weighted by Crippen LogP contribution is -2.07. The molecule has 0 aliphatic carbocycles. The molecule has 0 radical (unpaired) electrons. The van der Waals surface area contributed by atoms with Gasteiger partial charge in [0.15, 0.2) is 11.6 Å². The number of hydrogen-bond acceptors (Lipinski definition) is 3. The predicted octanol–water partition coefficient (Wildman–Crippen LogP) is 11.7. The van der Waals surface area contributed by atoms with Crippen LogP contribution < -0.4 is 0 Å². The average Bonchev–Trinajstić information content (AvgIpc) is 3.74. The molecule has 0 amide bonds. The van der Waals surface area contributed by atoms with Crippen LogP contribution in [0.15, 0.2) is 176 Å². The summed E-state index contributed by atoms with van der Waals surface area (Å²) in [4.78, 5) is 15.8. The second kappa shape index (κ2) is 11.2. The molecule has 5 heteroatoms. The summed E-state index contributed by atoms with van der Waals surface area (Å²) in [6.45, 7) is 0. The maximum absolute atomic E-state index is 5.36. The summed E-state index contributed by atoms with van der Waals surface area (Å²) in [5.41, 5.74) is 7.41. The molecule has 52 heavy (non-hydrogen) atoms. The molecule has 3 heterocycles. The van der Waals surface area contributed by atoms with E-state index in [-0.39, 0.29) is 0 Å². The van der Waals surface area contributed by atoms with E-state index in [0.717, 1.165) is 60.2 Å². The van der Waals surface area contributed by atoms with Gasteiger partial charge in [0.05, 0.1) is 22.1 Å². The number of para-hydroxylation sites is 2. The van der Waals surface area contributed by atoms with Crippen molar-refractivity contribution in [3.63, 3.8) is 0 Å². The Hall–Kier alpha value is -7.11. The number of benzene rings is 8. The van der Waals surface area contributed by atoms with Crippen LogP contribution in [0.1, 0.15) is 0 Å². The Kier molecular flexibility index (Phi) is 6.18. The normalized spacial score (nSPS) is 11.8. The Labute approximate surface area is 298 Å². The van der Waals surface area contributed by atoms with Crippen molar-refractivity contribution < 1.29 is 0 Å². The van der Waals surface area contributed by atoms with E-state index < -0.39 is 0 Å². The van der Waals surface area contributed by atoms with Crippen molar-refractivity contribution in [1.29, 1.82) is 0 Å². The molecule has 0 aliphatic rings. The Morgan fingerprint density at radius 2 is 0.923 bits per heavy atom. The van der Waals surface area contributed by atoms with Crippen LogP contribution in [-0.4, -0.2) is 24.1 Å². The molecular weight excluding hydrogens is 635 g/mol. The summed E-state index contributed by atoms with van der Waals surface area (Å²) in [6, 6.07) is 62.1. The third-order valence-corrected chi connectivity index (χ3v) is 10.4. The Morgan fingerprint density at radius 1 is 0.346 bits per heavy atom. The van der Waals surface area contributed by atoms with Gasteiger partial charge in [-0.05, 0) is 40.4 Å². The fourth-order valence-electron chi connectivity index (χ4n) is 8.04. The minimum Gasteiger partial charge on any atom is -0.309 e. The summed E-state index contributed by atoms with van der Waals surface area (Å²) in [5, 5.41) is 9.29. The van der Waals surface area contributed by atoms with Crippen LogP contribution in [-0.2, 0) is 0 Å². The highest BCUT2D eigenvalue weighted by atomic mass is 15.2. The summed E-state index contributed by atoms with van der Waals surface area (Å²) in [6.07, 6.45) is 0. The molecule has 0 aliphatic heterocycles. The Morgan fingerprint density at radius 3 is 1.69 bits per heavy atom. The number of nitrogens with zero attached hydrogens (tertiary/aromatic N) is 5. The van der Waals surface area contributed by atoms with Crippen LogP contribution in [0.5, 0.6) is 0 Å². The molecule has 0 fully saturated rings. The van der Waals surface area contributed by atoms with Crippen LogP contribution >= 0.6 is 0 Å². The standard InChI is InChI=1S/C47H29N5/c1-2-15-32(16-3-1)45-48-46(40-22-12-17-30-13-4-6-18-34(30)40)50-47(49-45)52-43-29-33(51-41-23-10-8-20-36(41)37-21-9-11-24-42(37)51)26-28-38(43)39-27-25-31-14-5-7-19-35(31)44(39)52/h1-29H. The van der Waals surface area contributed by atoms with E-state index in [1.54, 1.807) is 0 Å². The van der Waals surface area contributed by atoms with Gasteiger partial charge in [0, 0.05) is 43.7 Å². The average molecular weight is 664 g/mol. The highest BCUT2D eigenvalue weighted by Crippen LogP contribution is 2.39. The van der Waals surface area contributed by atoms with Crippen LogP contribution in [0.4, 0.5) is 0 Å². The third kappa shape index (κ3) is 4.26. The first kappa shape index (κ1) is 28.7. The van der Waals surface area contributed by atoms with Gasteiger partial charge in [-0.3, -0.25) is 4.57 Å². The van der Waals surface area contributed by atoms with Crippen LogP contribution in [0.25, 0.3) is 99.6 Å². The van der Waals surface area contributed by atoms with Crippen molar-refractivity contribution in [2.75, 3.05) is 0 Å². The van der Waals surface area contributed by atoms with Crippen LogP contribution in [0.3, 0.4) is 0 Å². The highest BCUT2D eigenvalue weighted by Gasteiger charge is 2.21. The maximum atomic E-state index is 5.36. The predicted molar refractivity (Wildman–Crippen MR) is 214 cm³/mol. The molecule has 3 aromatic heterocycles. The van der Waals surface area contributed by atoms with E-state index in [4.69, 9.17) is 15.0 Å². The van der Waals surface area contributed by atoms with Gasteiger partial charge >= 0.3 is 0 Å². The molecule has 242 valence electrons. The van der Waals surface area contributed by atoms with E-state index in [1.807, 2.05) is 18.2 Å². The monoisotopic (exact) mass is 663 g/mol. The smallest absolute Gasteiger partial charge is 0.238 e. The number of fused-ring (bicyclic) bond motifs is 9. The zero-order valence-corrected chi connectivity index (χ0v) is 28.0. The lowest BCUT2D eigenvalue weighted by atomic mass is 10.0. The highest BCUT2D eigenvalue weighted by molar-refractivity contribution is 6.19. The number of rotatable bonds is 4. The lowest BCUT2D eigenvalue weighted by Gasteiger charge is -2.13. The lowest BCUT2D eigenvalue weighted by molar-refractivity contribution is 0.955. The third-order valence-electron chi connectivity index (χ3n) is 10.4. The largest absolute Gasteiger partial charge is 0.309 e. The summed E-state index contributed by atoms with van der Waals surface area (Å²) in [7, 11) is 0. The molecule has 0 N–H and O–H groups in total. The molecule has 5 nitrogen and oxygen atoms in total. The first-order valence-corrected chi connectivity index (χ1v) is 17.5. The molecule has 11 rings (SSSR count). The van der Waals surface area contributed by atoms with Gasteiger partial charge in [0.1, 0.15) is 0 Å². The zero-order valence-electron chi connectivity index (χ0n) is 28.0. The SMILES string of the molecule is c1ccc(-c2nc(-c3cccc4ccccc34)nc(-n3c4cc(-n5c6ccccc6c6ccccc65)ccc4c4ccc5ccccc5c43)n2)cc1. The zero-order chi connectivity index (χ0) is 34.2. The van der Waals surface area contributed by atoms with Crippen molar-refractivity contribution in [2.24, 2.45) is 0 Å². The quantitative estimate of drug-likeness (QED) is 0.188. The molecular formula is C47H29N5. The fourth-order valence-corrected chi connectivity index (χ4v) is 8.04. The minimum absolute atomic E-state index is 0.576. The van der Waals surface area contributed by atoms with E-state index in [1.165, 1.54) is 21.8 Å². The van der Waals surface area contributed by atoms with Gasteiger partial charge in [-0.25, -0.2) is 4.98 Å². The fraction of sp³-hybridized carbons (Fsp3) is 0. The second-order valence-electron chi connectivity index (χ2n) is 13.3. The Bertz CT molecular complexity index is 3130. The molecule has 0 saturated heterocycles. The molecule has 0 spiro atoms. The van der Waals surface area contributed by atoms with E-state index in [2.05, 4.69) is 167 Å². The van der Waals surface area contributed by atoms with Gasteiger partial charge < -0.3 is 4.57 Å². The van der Waals surface area contributed by atoms with Gasteiger partial charge in [-0.2, -0.15) is 9.97 Å². The summed E-state index contributed by atoms with van der Waals surface area (Å²) < 4.78 is 4.63. The first-order valence-electron chi connectivity index (χ1n) is 17.5. The first-order chi connectivity index (χ1) is 25.8. The van der Waals surface area contributed by atoms with Gasteiger partial charge in [-0.15, -0.1) is 0 Å². The van der Waals surface area contributed by atoms with E-state index >= 15 is 0 Å². The number of aromatic nitrogens is 5. The molecule has 0 atom stereocenters. The topological polar surface area (TPSA) is 48.5 Å². The molecule has 8 aromatic carbocycles. The van der Waals surface area contributed by atoms with Gasteiger partial charge in [-0.1, -0.05) is 152 Å². The van der Waals surface area contributed by atoms with E-state index in [9.17, 15) is 0 Å². The summed E-state index contributed by atoms with van der Waals surface area (Å²) in [5.74, 6) is 1.84. The maximum Gasteiger partial charge on any atom is 0.238 e. The number of hydrogen-bond donors (Lipinski definition) is 0. The van der Waals surface area contributed by atoms with Crippen molar-refractivity contribution in [3.05, 3.63) is 176 Å². The molecule has 0 saturated carbocycles. The molecule has 11 aromatic rings. The molecule has 0 unspecified atom stereocenters. The second-order valence-corrected chi connectivity index (χ2v) is 13.3. The Balaban J connectivity index is 1.27. The van der Waals surface area contributed by atoms with Crippen LogP contribution in [0, 0.1) is 0 Å². The van der Waals surface area contributed by atoms with Crippen molar-refractivity contribution >= 4 is 65.2 Å². The van der Waals surface area contributed by atoms with Gasteiger partial charge in [0.25, 0.3) is 0 Å². The molecule has 0 bridgehead atoms. The van der Waals surface area contributed by atoms with Crippen molar-refractivity contribution in [2.45, 2.75) is 0 Å². The van der Waals surface area contributed by atoms with Crippen molar-refractivity contribution in [3.8, 4) is 34.4 Å². The van der Waals surface area contributed by atoms with E-state index in [0.29, 0.717) is 17.6 Å². The van der Waals surface area contributed by atoms with Crippen LogP contribution in [0.2, 0.25) is 0 Å². The van der Waals surface area contributed by atoms with Crippen molar-refractivity contribution in [1.82, 2.24) is 24.1 Å².